The summed E-state index contributed by atoms with van der Waals surface area (Å²) in [7, 11) is 0. The van der Waals surface area contributed by atoms with Crippen LogP contribution in [0.15, 0.2) is 42.6 Å². The lowest BCUT2D eigenvalue weighted by Gasteiger charge is -2.03. The van der Waals surface area contributed by atoms with E-state index < -0.39 is 17.4 Å². The molecule has 3 N–H and O–H groups in total. The SMILES string of the molecule is Nc1ccc(F)c(C(=O)c2c[nH]c3cc(F)ccc23)c1. The van der Waals surface area contributed by atoms with Crippen LogP contribution in [0.5, 0.6) is 0 Å². The second-order valence-corrected chi connectivity index (χ2v) is 4.46. The molecule has 0 unspecified atom stereocenters. The summed E-state index contributed by atoms with van der Waals surface area (Å²) < 4.78 is 26.8. The molecule has 0 saturated carbocycles. The maximum absolute atomic E-state index is 13.7. The van der Waals surface area contributed by atoms with Gasteiger partial charge in [0, 0.05) is 28.4 Å². The molecule has 0 amide bonds. The molecule has 1 aromatic heterocycles. The molecular formula is C15H10F2N2O. The second-order valence-electron chi connectivity index (χ2n) is 4.46. The van der Waals surface area contributed by atoms with Crippen molar-refractivity contribution in [2.45, 2.75) is 0 Å². The maximum atomic E-state index is 13.7. The smallest absolute Gasteiger partial charge is 0.198 e. The van der Waals surface area contributed by atoms with Crippen LogP contribution in [0.4, 0.5) is 14.5 Å². The van der Waals surface area contributed by atoms with Gasteiger partial charge in [-0.25, -0.2) is 8.78 Å². The first-order chi connectivity index (χ1) is 9.56. The van der Waals surface area contributed by atoms with Gasteiger partial charge < -0.3 is 10.7 Å². The molecule has 100 valence electrons. The number of halogens is 2. The van der Waals surface area contributed by atoms with Crippen molar-refractivity contribution in [1.82, 2.24) is 4.98 Å². The van der Waals surface area contributed by atoms with Gasteiger partial charge in [-0.2, -0.15) is 0 Å². The van der Waals surface area contributed by atoms with Gasteiger partial charge in [-0.3, -0.25) is 4.79 Å². The fraction of sp³-hybridized carbons (Fsp3) is 0. The van der Waals surface area contributed by atoms with E-state index in [1.807, 2.05) is 0 Å². The molecule has 0 aliphatic rings. The summed E-state index contributed by atoms with van der Waals surface area (Å²) in [6.07, 6.45) is 1.44. The molecule has 0 aliphatic carbocycles. The number of anilines is 1. The predicted molar refractivity (Wildman–Crippen MR) is 72.5 cm³/mol. The van der Waals surface area contributed by atoms with Crippen molar-refractivity contribution < 1.29 is 13.6 Å². The summed E-state index contributed by atoms with van der Waals surface area (Å²) >= 11 is 0. The Bertz CT molecular complexity index is 824. The Morgan fingerprint density at radius 1 is 1.05 bits per heavy atom. The fourth-order valence-corrected chi connectivity index (χ4v) is 2.15. The van der Waals surface area contributed by atoms with Crippen LogP contribution in [0.2, 0.25) is 0 Å². The van der Waals surface area contributed by atoms with Gasteiger partial charge in [0.2, 0.25) is 0 Å². The van der Waals surface area contributed by atoms with Crippen LogP contribution >= 0.6 is 0 Å². The van der Waals surface area contributed by atoms with E-state index in [9.17, 15) is 13.6 Å². The minimum absolute atomic E-state index is 0.102. The monoisotopic (exact) mass is 272 g/mol. The molecule has 3 nitrogen and oxygen atoms in total. The summed E-state index contributed by atoms with van der Waals surface area (Å²) in [6.45, 7) is 0. The van der Waals surface area contributed by atoms with Gasteiger partial charge >= 0.3 is 0 Å². The van der Waals surface area contributed by atoms with Gasteiger partial charge in [0.15, 0.2) is 5.78 Å². The summed E-state index contributed by atoms with van der Waals surface area (Å²) in [6, 6.07) is 7.84. The highest BCUT2D eigenvalue weighted by molar-refractivity contribution is 6.16. The molecule has 3 rings (SSSR count). The fourth-order valence-electron chi connectivity index (χ4n) is 2.15. The number of H-pyrrole nitrogens is 1. The number of hydrogen-bond donors (Lipinski definition) is 2. The molecule has 1 heterocycles. The Morgan fingerprint density at radius 3 is 2.65 bits per heavy atom. The van der Waals surface area contributed by atoms with Crippen LogP contribution in [0.25, 0.3) is 10.9 Å². The summed E-state index contributed by atoms with van der Waals surface area (Å²) in [5.41, 5.74) is 6.55. The quantitative estimate of drug-likeness (QED) is 0.555. The molecule has 5 heteroatoms. The first-order valence-corrected chi connectivity index (χ1v) is 5.92. The highest BCUT2D eigenvalue weighted by Gasteiger charge is 2.18. The van der Waals surface area contributed by atoms with E-state index in [1.54, 1.807) is 0 Å². The van der Waals surface area contributed by atoms with Gasteiger partial charge in [0.05, 0.1) is 5.56 Å². The van der Waals surface area contributed by atoms with Gasteiger partial charge in [0.1, 0.15) is 11.6 Å². The Balaban J connectivity index is 2.15. The van der Waals surface area contributed by atoms with Crippen molar-refractivity contribution in [2.24, 2.45) is 0 Å². The van der Waals surface area contributed by atoms with E-state index in [1.165, 1.54) is 36.5 Å². The average molecular weight is 272 g/mol. The molecule has 0 atom stereocenters. The number of hydrogen-bond acceptors (Lipinski definition) is 2. The van der Waals surface area contributed by atoms with Crippen LogP contribution in [0.3, 0.4) is 0 Å². The van der Waals surface area contributed by atoms with Crippen molar-refractivity contribution in [3.05, 3.63) is 65.4 Å². The number of ketones is 1. The van der Waals surface area contributed by atoms with Crippen molar-refractivity contribution in [3.8, 4) is 0 Å². The highest BCUT2D eigenvalue weighted by atomic mass is 19.1. The Labute approximate surface area is 113 Å². The van der Waals surface area contributed by atoms with Gasteiger partial charge in [-0.15, -0.1) is 0 Å². The molecule has 0 radical (unpaired) electrons. The van der Waals surface area contributed by atoms with Crippen LogP contribution < -0.4 is 5.73 Å². The number of aromatic amines is 1. The lowest BCUT2D eigenvalue weighted by atomic mass is 10.0. The Kier molecular flexibility index (Phi) is 2.75. The summed E-state index contributed by atoms with van der Waals surface area (Å²) in [5.74, 6) is -1.54. The second kappa shape index (κ2) is 4.45. The molecule has 0 spiro atoms. The molecular weight excluding hydrogens is 262 g/mol. The largest absolute Gasteiger partial charge is 0.399 e. The van der Waals surface area contributed by atoms with Crippen molar-refractivity contribution in [3.63, 3.8) is 0 Å². The number of nitrogens with one attached hydrogen (secondary N) is 1. The van der Waals surface area contributed by atoms with E-state index in [-0.39, 0.29) is 11.1 Å². The normalized spacial score (nSPS) is 10.9. The minimum Gasteiger partial charge on any atom is -0.399 e. The number of carbonyl (C=O) groups excluding carboxylic acids is 1. The molecule has 3 aromatic rings. The average Bonchev–Trinajstić information content (AvgIpc) is 2.83. The molecule has 0 bridgehead atoms. The lowest BCUT2D eigenvalue weighted by Crippen LogP contribution is -2.04. The van der Waals surface area contributed by atoms with Crippen LogP contribution in [-0.2, 0) is 0 Å². The van der Waals surface area contributed by atoms with Crippen molar-refractivity contribution in [1.29, 1.82) is 0 Å². The van der Waals surface area contributed by atoms with E-state index in [0.29, 0.717) is 16.6 Å². The maximum Gasteiger partial charge on any atom is 0.198 e. The zero-order valence-electron chi connectivity index (χ0n) is 10.3. The number of carbonyl (C=O) groups is 1. The lowest BCUT2D eigenvalue weighted by molar-refractivity contribution is 0.103. The number of nitrogen functional groups attached to an aromatic ring is 1. The van der Waals surface area contributed by atoms with Crippen LogP contribution in [0.1, 0.15) is 15.9 Å². The summed E-state index contributed by atoms with van der Waals surface area (Å²) in [5, 5.41) is 0.540. The van der Waals surface area contributed by atoms with Crippen molar-refractivity contribution in [2.75, 3.05) is 5.73 Å². The van der Waals surface area contributed by atoms with E-state index in [2.05, 4.69) is 4.98 Å². The minimum atomic E-state index is -0.638. The topological polar surface area (TPSA) is 58.9 Å². The molecule has 0 aliphatic heterocycles. The summed E-state index contributed by atoms with van der Waals surface area (Å²) in [4.78, 5) is 15.2. The number of rotatable bonds is 2. The van der Waals surface area contributed by atoms with Crippen LogP contribution in [0, 0.1) is 11.6 Å². The van der Waals surface area contributed by atoms with Crippen LogP contribution in [-0.4, -0.2) is 10.8 Å². The molecule has 0 fully saturated rings. The Morgan fingerprint density at radius 2 is 1.85 bits per heavy atom. The van der Waals surface area contributed by atoms with E-state index in [0.717, 1.165) is 6.07 Å². The van der Waals surface area contributed by atoms with Crippen molar-refractivity contribution >= 4 is 22.4 Å². The van der Waals surface area contributed by atoms with Gasteiger partial charge in [-0.1, -0.05) is 0 Å². The zero-order chi connectivity index (χ0) is 14.3. The highest BCUT2D eigenvalue weighted by Crippen LogP contribution is 2.24. The zero-order valence-corrected chi connectivity index (χ0v) is 10.3. The third-order valence-electron chi connectivity index (χ3n) is 3.12. The standard InChI is InChI=1S/C15H10F2N2O/c16-8-1-3-10-12(7-19-14(10)5-8)15(20)11-6-9(18)2-4-13(11)17/h1-7,19H,18H2. The molecule has 2 aromatic carbocycles. The number of aromatic nitrogens is 1. The Hall–Kier alpha value is -2.69. The number of fused-ring (bicyclic) bond motifs is 1. The third-order valence-corrected chi connectivity index (χ3v) is 3.12. The van der Waals surface area contributed by atoms with Gasteiger partial charge in [0.25, 0.3) is 0 Å². The van der Waals surface area contributed by atoms with Gasteiger partial charge in [-0.05, 0) is 36.4 Å². The predicted octanol–water partition coefficient (Wildman–Crippen LogP) is 3.26. The molecule has 20 heavy (non-hydrogen) atoms. The van der Waals surface area contributed by atoms with E-state index in [4.69, 9.17) is 5.73 Å². The number of nitrogens with two attached hydrogens (primary N) is 1. The number of benzene rings is 2. The molecule has 0 saturated heterocycles. The first kappa shape index (κ1) is 12.3. The van der Waals surface area contributed by atoms with E-state index >= 15 is 0 Å². The first-order valence-electron chi connectivity index (χ1n) is 5.92. The third kappa shape index (κ3) is 1.93.